The lowest BCUT2D eigenvalue weighted by molar-refractivity contribution is -0.00213. The number of pyridine rings is 1. The van der Waals surface area contributed by atoms with Crippen LogP contribution in [0.1, 0.15) is 49.1 Å². The van der Waals surface area contributed by atoms with Gasteiger partial charge in [-0.3, -0.25) is 0 Å². The fraction of sp³-hybridized carbons (Fsp3) is 0.560. The number of nitrogens with zero attached hydrogens (tertiary/aromatic N) is 2. The number of rotatable bonds is 7. The molecule has 1 saturated heterocycles. The second kappa shape index (κ2) is 10.3. The normalized spacial score (nSPS) is 26.8. The number of piperidine rings is 1. The Morgan fingerprint density at radius 1 is 1.09 bits per heavy atom. The average molecular weight is 458 g/mol. The molecule has 0 radical (unpaired) electrons. The van der Waals surface area contributed by atoms with Gasteiger partial charge in [-0.1, -0.05) is 35.9 Å². The molecule has 0 unspecified atom stereocenters. The Hall–Kier alpha value is -1.96. The molecule has 4 rings (SSSR count). The standard InChI is InChI=1S/C25H35N3O3S/c1-19-6-5-7-21(16-19)20-9-11-23(12-10-20)31-18-22-17-28(25-8-3-4-14-26-25)15-13-24(22)27-32(2,29)30/h3-8,14,16,20,22-24,27H,9-13,15,17-18H2,1-2H3/t20?,22-,23?,24-/m0/s1. The van der Waals surface area contributed by atoms with Crippen LogP contribution in [0.3, 0.4) is 0 Å². The Morgan fingerprint density at radius 3 is 2.59 bits per heavy atom. The highest BCUT2D eigenvalue weighted by atomic mass is 32.2. The zero-order valence-electron chi connectivity index (χ0n) is 19.1. The van der Waals surface area contributed by atoms with Gasteiger partial charge >= 0.3 is 0 Å². The van der Waals surface area contributed by atoms with Gasteiger partial charge in [0.15, 0.2) is 0 Å². The predicted molar refractivity (Wildman–Crippen MR) is 128 cm³/mol. The number of anilines is 1. The van der Waals surface area contributed by atoms with Crippen LogP contribution in [0.25, 0.3) is 0 Å². The van der Waals surface area contributed by atoms with Crippen LogP contribution in [0.5, 0.6) is 0 Å². The van der Waals surface area contributed by atoms with Crippen LogP contribution in [0.4, 0.5) is 5.82 Å². The molecule has 1 aliphatic carbocycles. The largest absolute Gasteiger partial charge is 0.378 e. The van der Waals surface area contributed by atoms with Crippen LogP contribution in [0.2, 0.25) is 0 Å². The molecule has 0 amide bonds. The molecular weight excluding hydrogens is 422 g/mol. The fourth-order valence-electron chi connectivity index (χ4n) is 5.13. The first-order valence-corrected chi connectivity index (χ1v) is 13.6. The highest BCUT2D eigenvalue weighted by Gasteiger charge is 2.33. The molecule has 1 saturated carbocycles. The third-order valence-electron chi connectivity index (χ3n) is 6.81. The Labute approximate surface area is 192 Å². The van der Waals surface area contributed by atoms with E-state index in [1.807, 2.05) is 18.2 Å². The van der Waals surface area contributed by atoms with Gasteiger partial charge in [-0.15, -0.1) is 0 Å². The molecule has 1 aromatic carbocycles. The lowest BCUT2D eigenvalue weighted by atomic mass is 9.82. The molecular formula is C25H35N3O3S. The molecule has 32 heavy (non-hydrogen) atoms. The second-order valence-corrected chi connectivity index (χ2v) is 11.2. The van der Waals surface area contributed by atoms with Crippen molar-refractivity contribution in [1.82, 2.24) is 9.71 Å². The zero-order chi connectivity index (χ0) is 22.6. The van der Waals surface area contributed by atoms with Gasteiger partial charge < -0.3 is 9.64 Å². The maximum absolute atomic E-state index is 11.9. The smallest absolute Gasteiger partial charge is 0.208 e. The van der Waals surface area contributed by atoms with Crippen molar-refractivity contribution in [3.8, 4) is 0 Å². The summed E-state index contributed by atoms with van der Waals surface area (Å²) in [5.41, 5.74) is 2.76. The topological polar surface area (TPSA) is 71.5 Å². The molecule has 2 fully saturated rings. The van der Waals surface area contributed by atoms with Gasteiger partial charge in [0.1, 0.15) is 5.82 Å². The predicted octanol–water partition coefficient (Wildman–Crippen LogP) is 3.88. The molecule has 2 aliphatic rings. The third-order valence-corrected chi connectivity index (χ3v) is 7.54. The minimum atomic E-state index is -3.26. The quantitative estimate of drug-likeness (QED) is 0.683. The molecule has 1 N–H and O–H groups in total. The summed E-state index contributed by atoms with van der Waals surface area (Å²) in [5, 5.41) is 0. The lowest BCUT2D eigenvalue weighted by Crippen LogP contribution is -2.52. The SMILES string of the molecule is Cc1cccc(C2CCC(OC[C@@H]3CN(c4ccccn4)CC[C@@H]3NS(C)(=O)=O)CC2)c1. The first-order valence-electron chi connectivity index (χ1n) is 11.7. The summed E-state index contributed by atoms with van der Waals surface area (Å²) in [6.07, 6.45) is 8.43. The van der Waals surface area contributed by atoms with Crippen LogP contribution < -0.4 is 9.62 Å². The van der Waals surface area contributed by atoms with Gasteiger partial charge in [0.2, 0.25) is 10.0 Å². The van der Waals surface area contributed by atoms with Crippen molar-refractivity contribution in [1.29, 1.82) is 0 Å². The van der Waals surface area contributed by atoms with E-state index in [9.17, 15) is 8.42 Å². The van der Waals surface area contributed by atoms with Crippen molar-refractivity contribution >= 4 is 15.8 Å². The highest BCUT2D eigenvalue weighted by molar-refractivity contribution is 7.88. The molecule has 1 aliphatic heterocycles. The monoisotopic (exact) mass is 457 g/mol. The van der Waals surface area contributed by atoms with Crippen molar-refractivity contribution in [3.63, 3.8) is 0 Å². The van der Waals surface area contributed by atoms with Gasteiger partial charge in [-0.2, -0.15) is 0 Å². The number of hydrogen-bond acceptors (Lipinski definition) is 5. The first-order chi connectivity index (χ1) is 15.4. The second-order valence-electron chi connectivity index (χ2n) is 9.40. The van der Waals surface area contributed by atoms with E-state index in [0.29, 0.717) is 12.5 Å². The summed E-state index contributed by atoms with van der Waals surface area (Å²) in [4.78, 5) is 6.72. The van der Waals surface area contributed by atoms with E-state index in [2.05, 4.69) is 45.8 Å². The Morgan fingerprint density at radius 2 is 1.91 bits per heavy atom. The molecule has 2 atom stereocenters. The van der Waals surface area contributed by atoms with Gasteiger partial charge in [-0.25, -0.2) is 18.1 Å². The van der Waals surface area contributed by atoms with Crippen molar-refractivity contribution in [3.05, 3.63) is 59.8 Å². The van der Waals surface area contributed by atoms with Crippen LogP contribution in [-0.4, -0.2) is 51.5 Å². The Bertz CT molecular complexity index is 975. The van der Waals surface area contributed by atoms with Crippen molar-refractivity contribution < 1.29 is 13.2 Å². The number of hydrogen-bond donors (Lipinski definition) is 1. The van der Waals surface area contributed by atoms with Crippen molar-refractivity contribution in [2.45, 2.75) is 57.1 Å². The minimum Gasteiger partial charge on any atom is -0.378 e. The van der Waals surface area contributed by atoms with Crippen LogP contribution in [-0.2, 0) is 14.8 Å². The summed E-state index contributed by atoms with van der Waals surface area (Å²) in [7, 11) is -3.26. The van der Waals surface area contributed by atoms with Crippen LogP contribution >= 0.6 is 0 Å². The first kappa shape index (κ1) is 23.2. The summed E-state index contributed by atoms with van der Waals surface area (Å²) in [5.74, 6) is 1.65. The number of sulfonamides is 1. The van der Waals surface area contributed by atoms with E-state index >= 15 is 0 Å². The summed E-state index contributed by atoms with van der Waals surface area (Å²) in [6.45, 7) is 4.24. The third kappa shape index (κ3) is 6.30. The minimum absolute atomic E-state index is 0.0926. The highest BCUT2D eigenvalue weighted by Crippen LogP contribution is 2.35. The van der Waals surface area contributed by atoms with Gasteiger partial charge in [0.05, 0.1) is 19.0 Å². The van der Waals surface area contributed by atoms with Crippen LogP contribution in [0.15, 0.2) is 48.7 Å². The lowest BCUT2D eigenvalue weighted by Gasteiger charge is -2.40. The molecule has 0 spiro atoms. The fourth-order valence-corrected chi connectivity index (χ4v) is 5.99. The Kier molecular flexibility index (Phi) is 7.48. The number of aryl methyl sites for hydroxylation is 1. The number of nitrogens with one attached hydrogen (secondary N) is 1. The molecule has 6 nitrogen and oxygen atoms in total. The summed E-state index contributed by atoms with van der Waals surface area (Å²) in [6, 6.07) is 14.7. The molecule has 7 heteroatoms. The molecule has 2 heterocycles. The molecule has 1 aromatic heterocycles. The van der Waals surface area contributed by atoms with E-state index in [1.165, 1.54) is 17.4 Å². The van der Waals surface area contributed by atoms with Crippen molar-refractivity contribution in [2.75, 3.05) is 30.9 Å². The van der Waals surface area contributed by atoms with Crippen LogP contribution in [0, 0.1) is 12.8 Å². The zero-order valence-corrected chi connectivity index (χ0v) is 19.9. The maximum Gasteiger partial charge on any atom is 0.208 e. The van der Waals surface area contributed by atoms with E-state index in [4.69, 9.17) is 4.74 Å². The van der Waals surface area contributed by atoms with Gasteiger partial charge in [0, 0.05) is 31.2 Å². The van der Waals surface area contributed by atoms with Gasteiger partial charge in [-0.05, 0) is 62.6 Å². The summed E-state index contributed by atoms with van der Waals surface area (Å²) < 4.78 is 33.1. The molecule has 174 valence electrons. The maximum atomic E-state index is 11.9. The van der Waals surface area contributed by atoms with E-state index < -0.39 is 10.0 Å². The van der Waals surface area contributed by atoms with Crippen molar-refractivity contribution in [2.24, 2.45) is 5.92 Å². The Balaban J connectivity index is 1.34. The van der Waals surface area contributed by atoms with E-state index in [0.717, 1.165) is 51.0 Å². The molecule has 0 bridgehead atoms. The number of benzene rings is 1. The average Bonchev–Trinajstić information content (AvgIpc) is 2.78. The number of aromatic nitrogens is 1. The van der Waals surface area contributed by atoms with Gasteiger partial charge in [0.25, 0.3) is 0 Å². The van der Waals surface area contributed by atoms with E-state index in [-0.39, 0.29) is 18.1 Å². The molecule has 2 aromatic rings. The summed E-state index contributed by atoms with van der Waals surface area (Å²) >= 11 is 0. The number of ether oxygens (including phenoxy) is 1. The van der Waals surface area contributed by atoms with E-state index in [1.54, 1.807) is 6.20 Å².